The van der Waals surface area contributed by atoms with Gasteiger partial charge in [-0.25, -0.2) is 4.68 Å². The maximum Gasteiger partial charge on any atom is 0.276 e. The largest absolute Gasteiger partial charge is 0.504 e. The third kappa shape index (κ3) is 3.30. The molecule has 1 aliphatic rings. The predicted molar refractivity (Wildman–Crippen MR) is 109 cm³/mol. The van der Waals surface area contributed by atoms with Gasteiger partial charge in [-0.2, -0.15) is 10.2 Å². The van der Waals surface area contributed by atoms with Crippen LogP contribution in [0, 0.1) is 20.8 Å². The van der Waals surface area contributed by atoms with Gasteiger partial charge >= 0.3 is 0 Å². The van der Waals surface area contributed by atoms with Gasteiger partial charge in [0.25, 0.3) is 5.91 Å². The van der Waals surface area contributed by atoms with Crippen molar-refractivity contribution in [2.75, 3.05) is 26.9 Å². The Hall–Kier alpha value is -3.33. The van der Waals surface area contributed by atoms with E-state index in [1.807, 2.05) is 42.8 Å². The number of nitrogens with zero attached hydrogens (tertiary/aromatic N) is 4. The molecule has 2 aromatic heterocycles. The molecule has 3 aromatic rings. The predicted octanol–water partition coefficient (Wildman–Crippen LogP) is 2.45. The molecular formula is C21H25N5O4. The maximum atomic E-state index is 13.2. The quantitative estimate of drug-likeness (QED) is 0.683. The Balaban J connectivity index is 1.73. The standard InChI is InChI=1S/C21H25N5O4/c1-12-18(14(3)26(24-12)15-6-5-7-16(10-15)29-4)17-11-30-9-8-25(17)21(28)19-20(27)13(2)22-23-19/h5-7,10,17,27H,8-9,11H2,1-4H3,(H,22,23). The van der Waals surface area contributed by atoms with Crippen molar-refractivity contribution < 1.29 is 19.4 Å². The Morgan fingerprint density at radius 3 is 2.80 bits per heavy atom. The lowest BCUT2D eigenvalue weighted by atomic mass is 10.0. The van der Waals surface area contributed by atoms with Crippen molar-refractivity contribution >= 4 is 5.91 Å². The third-order valence-corrected chi connectivity index (χ3v) is 5.50. The Morgan fingerprint density at radius 1 is 1.30 bits per heavy atom. The van der Waals surface area contributed by atoms with E-state index in [1.54, 1.807) is 18.9 Å². The summed E-state index contributed by atoms with van der Waals surface area (Å²) in [5, 5.41) is 21.5. The van der Waals surface area contributed by atoms with E-state index in [1.165, 1.54) is 0 Å². The fraction of sp³-hybridized carbons (Fsp3) is 0.381. The van der Waals surface area contributed by atoms with E-state index < -0.39 is 0 Å². The number of rotatable bonds is 4. The van der Waals surface area contributed by atoms with E-state index in [0.717, 1.165) is 28.4 Å². The number of aromatic amines is 1. The second-order valence-corrected chi connectivity index (χ2v) is 7.32. The molecule has 1 aromatic carbocycles. The van der Waals surface area contributed by atoms with Crippen molar-refractivity contribution in [2.45, 2.75) is 26.8 Å². The molecule has 4 rings (SSSR count). The molecule has 30 heavy (non-hydrogen) atoms. The lowest BCUT2D eigenvalue weighted by Gasteiger charge is -2.35. The van der Waals surface area contributed by atoms with Gasteiger partial charge in [0, 0.05) is 23.9 Å². The number of aryl methyl sites for hydroxylation is 2. The lowest BCUT2D eigenvalue weighted by Crippen LogP contribution is -2.44. The van der Waals surface area contributed by atoms with Gasteiger partial charge in [-0.05, 0) is 32.9 Å². The van der Waals surface area contributed by atoms with Crippen molar-refractivity contribution in [1.29, 1.82) is 0 Å². The zero-order valence-corrected chi connectivity index (χ0v) is 17.5. The summed E-state index contributed by atoms with van der Waals surface area (Å²) < 4.78 is 12.9. The number of amides is 1. The third-order valence-electron chi connectivity index (χ3n) is 5.50. The number of hydrogen-bond acceptors (Lipinski definition) is 6. The van der Waals surface area contributed by atoms with Crippen LogP contribution in [0.15, 0.2) is 24.3 Å². The van der Waals surface area contributed by atoms with Crippen LogP contribution in [-0.2, 0) is 4.74 Å². The number of hydrogen-bond donors (Lipinski definition) is 2. The number of aromatic hydroxyl groups is 1. The van der Waals surface area contributed by atoms with Crippen molar-refractivity contribution in [3.8, 4) is 17.2 Å². The van der Waals surface area contributed by atoms with Crippen LogP contribution in [0.4, 0.5) is 0 Å². The van der Waals surface area contributed by atoms with E-state index in [9.17, 15) is 9.90 Å². The van der Waals surface area contributed by atoms with E-state index >= 15 is 0 Å². The minimum absolute atomic E-state index is 0.0925. The number of methoxy groups -OCH3 is 1. The van der Waals surface area contributed by atoms with E-state index in [2.05, 4.69) is 10.2 Å². The number of ether oxygens (including phenoxy) is 2. The second kappa shape index (κ2) is 7.83. The number of morpholine rings is 1. The summed E-state index contributed by atoms with van der Waals surface area (Å²) in [5.41, 5.74) is 4.02. The molecule has 1 saturated heterocycles. The van der Waals surface area contributed by atoms with Gasteiger partial charge in [0.2, 0.25) is 0 Å². The molecule has 0 spiro atoms. The SMILES string of the molecule is COc1cccc(-n2nc(C)c(C3COCCN3C(=O)c3[nH]nc(C)c3O)c2C)c1. The first-order valence-electron chi connectivity index (χ1n) is 9.75. The molecule has 9 nitrogen and oxygen atoms in total. The van der Waals surface area contributed by atoms with Crippen LogP contribution in [0.3, 0.4) is 0 Å². The Morgan fingerprint density at radius 2 is 2.10 bits per heavy atom. The number of aromatic nitrogens is 4. The molecule has 1 fully saturated rings. The first-order valence-corrected chi connectivity index (χ1v) is 9.75. The molecule has 1 amide bonds. The molecular weight excluding hydrogens is 386 g/mol. The normalized spacial score (nSPS) is 16.7. The van der Waals surface area contributed by atoms with Crippen molar-refractivity contribution in [2.24, 2.45) is 0 Å². The Labute approximate surface area is 174 Å². The smallest absolute Gasteiger partial charge is 0.276 e. The highest BCUT2D eigenvalue weighted by atomic mass is 16.5. The van der Waals surface area contributed by atoms with Gasteiger partial charge in [0.05, 0.1) is 37.7 Å². The average molecular weight is 411 g/mol. The molecule has 1 unspecified atom stereocenters. The number of H-pyrrole nitrogens is 1. The van der Waals surface area contributed by atoms with Crippen LogP contribution in [0.5, 0.6) is 11.5 Å². The van der Waals surface area contributed by atoms with Crippen LogP contribution >= 0.6 is 0 Å². The van der Waals surface area contributed by atoms with Crippen molar-refractivity contribution in [3.05, 3.63) is 52.6 Å². The lowest BCUT2D eigenvalue weighted by molar-refractivity contribution is -0.00349. The number of carbonyl (C=O) groups excluding carboxylic acids is 1. The molecule has 158 valence electrons. The van der Waals surface area contributed by atoms with Crippen LogP contribution in [-0.4, -0.2) is 62.8 Å². The molecule has 1 aliphatic heterocycles. The second-order valence-electron chi connectivity index (χ2n) is 7.32. The van der Waals surface area contributed by atoms with Crippen LogP contribution < -0.4 is 4.74 Å². The van der Waals surface area contributed by atoms with Gasteiger partial charge in [-0.3, -0.25) is 9.89 Å². The van der Waals surface area contributed by atoms with Gasteiger partial charge < -0.3 is 19.5 Å². The highest BCUT2D eigenvalue weighted by Gasteiger charge is 2.35. The molecule has 1 atom stereocenters. The summed E-state index contributed by atoms with van der Waals surface area (Å²) >= 11 is 0. The van der Waals surface area contributed by atoms with E-state index in [-0.39, 0.29) is 23.4 Å². The first-order chi connectivity index (χ1) is 14.4. The van der Waals surface area contributed by atoms with Crippen molar-refractivity contribution in [3.63, 3.8) is 0 Å². The maximum absolute atomic E-state index is 13.2. The zero-order chi connectivity index (χ0) is 21.4. The fourth-order valence-electron chi connectivity index (χ4n) is 3.94. The Kier molecular flexibility index (Phi) is 5.21. The van der Waals surface area contributed by atoms with Crippen molar-refractivity contribution in [1.82, 2.24) is 24.9 Å². The first kappa shape index (κ1) is 20.0. The molecule has 3 heterocycles. The van der Waals surface area contributed by atoms with Crippen LogP contribution in [0.1, 0.15) is 39.2 Å². The van der Waals surface area contributed by atoms with Crippen LogP contribution in [0.2, 0.25) is 0 Å². The monoisotopic (exact) mass is 411 g/mol. The van der Waals surface area contributed by atoms with Crippen LogP contribution in [0.25, 0.3) is 5.69 Å². The fourth-order valence-corrected chi connectivity index (χ4v) is 3.94. The van der Waals surface area contributed by atoms with Gasteiger partial charge in [0.15, 0.2) is 11.4 Å². The highest BCUT2D eigenvalue weighted by molar-refractivity contribution is 5.95. The zero-order valence-electron chi connectivity index (χ0n) is 17.5. The number of benzene rings is 1. The summed E-state index contributed by atoms with van der Waals surface area (Å²) in [4.78, 5) is 14.9. The summed E-state index contributed by atoms with van der Waals surface area (Å²) in [5.74, 6) is 0.310. The van der Waals surface area contributed by atoms with Gasteiger partial charge in [-0.15, -0.1) is 0 Å². The highest BCUT2D eigenvalue weighted by Crippen LogP contribution is 2.33. The summed E-state index contributed by atoms with van der Waals surface area (Å²) in [6, 6.07) is 7.33. The summed E-state index contributed by atoms with van der Waals surface area (Å²) in [6.07, 6.45) is 0. The summed E-state index contributed by atoms with van der Waals surface area (Å²) in [7, 11) is 1.63. The number of nitrogens with one attached hydrogen (secondary N) is 1. The van der Waals surface area contributed by atoms with E-state index in [4.69, 9.17) is 14.6 Å². The Bertz CT molecular complexity index is 1090. The molecule has 9 heteroatoms. The minimum atomic E-state index is -0.325. The topological polar surface area (TPSA) is 106 Å². The van der Waals surface area contributed by atoms with Gasteiger partial charge in [0.1, 0.15) is 11.4 Å². The average Bonchev–Trinajstić information content (AvgIpc) is 3.25. The molecule has 0 bridgehead atoms. The summed E-state index contributed by atoms with van der Waals surface area (Å²) in [6.45, 7) is 6.73. The number of carbonyl (C=O) groups is 1. The molecule has 2 N–H and O–H groups in total. The molecule has 0 aliphatic carbocycles. The van der Waals surface area contributed by atoms with E-state index in [0.29, 0.717) is 25.5 Å². The minimum Gasteiger partial charge on any atom is -0.504 e. The molecule has 0 saturated carbocycles. The van der Waals surface area contributed by atoms with Gasteiger partial charge in [-0.1, -0.05) is 6.07 Å². The molecule has 0 radical (unpaired) electrons.